The molecule has 14 heteroatoms. The van der Waals surface area contributed by atoms with Gasteiger partial charge in [-0.1, -0.05) is 17.3 Å². The molecule has 0 aliphatic carbocycles. The molecule has 1 saturated heterocycles. The average molecular weight is 600 g/mol. The fourth-order valence-electron chi connectivity index (χ4n) is 5.68. The molecule has 0 radical (unpaired) electrons. The van der Waals surface area contributed by atoms with Crippen LogP contribution in [-0.4, -0.2) is 97.6 Å². The summed E-state index contributed by atoms with van der Waals surface area (Å²) in [6.07, 6.45) is 5.15. The Balaban J connectivity index is 1.27. The molecule has 5 heterocycles. The summed E-state index contributed by atoms with van der Waals surface area (Å²) in [5.41, 5.74) is 2.00. The van der Waals surface area contributed by atoms with Crippen molar-refractivity contribution in [1.29, 1.82) is 0 Å². The number of ether oxygens (including phenoxy) is 2. The van der Waals surface area contributed by atoms with Gasteiger partial charge in [0.25, 0.3) is 11.8 Å². The number of carbonyl (C=O) groups is 3. The number of carbonyl (C=O) groups excluding carboxylic acids is 3. The van der Waals surface area contributed by atoms with Crippen molar-refractivity contribution in [3.05, 3.63) is 77.5 Å². The predicted octanol–water partition coefficient (Wildman–Crippen LogP) is 1.66. The summed E-state index contributed by atoms with van der Waals surface area (Å²) in [4.78, 5) is 47.7. The first-order chi connectivity index (χ1) is 21.3. The monoisotopic (exact) mass is 599 g/mol. The molecule has 2 atom stereocenters. The lowest BCUT2D eigenvalue weighted by atomic mass is 9.99. The lowest BCUT2D eigenvalue weighted by molar-refractivity contribution is -0.122. The zero-order valence-electron chi connectivity index (χ0n) is 24.7. The van der Waals surface area contributed by atoms with E-state index in [1.807, 2.05) is 25.1 Å². The Morgan fingerprint density at radius 3 is 2.80 bits per heavy atom. The second-order valence-corrected chi connectivity index (χ2v) is 10.9. The molecule has 2 aliphatic rings. The Morgan fingerprint density at radius 2 is 2.00 bits per heavy atom. The maximum absolute atomic E-state index is 13.8. The van der Waals surface area contributed by atoms with Crippen molar-refractivity contribution >= 4 is 17.7 Å². The number of para-hydroxylation sites is 1. The van der Waals surface area contributed by atoms with Crippen LogP contribution in [0.25, 0.3) is 5.82 Å². The van der Waals surface area contributed by atoms with Crippen molar-refractivity contribution < 1.29 is 23.9 Å². The van der Waals surface area contributed by atoms with Crippen molar-refractivity contribution in [3.8, 4) is 17.3 Å². The summed E-state index contributed by atoms with van der Waals surface area (Å²) in [5.74, 6) is 0.478. The van der Waals surface area contributed by atoms with Crippen molar-refractivity contribution in [3.63, 3.8) is 0 Å². The third-order valence-electron chi connectivity index (χ3n) is 8.06. The van der Waals surface area contributed by atoms with Gasteiger partial charge in [0.2, 0.25) is 5.91 Å². The molecule has 2 aliphatic heterocycles. The number of rotatable bonds is 3. The van der Waals surface area contributed by atoms with Crippen LogP contribution in [0.15, 0.2) is 55.0 Å². The van der Waals surface area contributed by atoms with E-state index in [-0.39, 0.29) is 49.3 Å². The standard InChI is InChI=1S/C30H33N9O5/c1-19-23(14-33-39(19)26-9-4-5-10-31-26)30(42)37-15-20-13-27(40)32-11-12-36(2)29(41)22-7-6-8-25(43-3)28(22)44-18-21-16-38(35-34-21)24(20)17-37/h4-10,14,16,20,24H,11-13,15,17-18H2,1-3H3,(H,32,40)/t20-,24+/m0/s1. The van der Waals surface area contributed by atoms with Gasteiger partial charge in [-0.3, -0.25) is 14.4 Å². The first-order valence-electron chi connectivity index (χ1n) is 14.3. The Hall–Kier alpha value is -5.27. The van der Waals surface area contributed by atoms with Crippen molar-refractivity contribution in [2.24, 2.45) is 5.92 Å². The van der Waals surface area contributed by atoms with Gasteiger partial charge >= 0.3 is 0 Å². The molecule has 1 fully saturated rings. The number of nitrogens with zero attached hydrogens (tertiary/aromatic N) is 8. The van der Waals surface area contributed by atoms with E-state index in [0.717, 1.165) is 0 Å². The molecule has 3 aromatic heterocycles. The molecule has 44 heavy (non-hydrogen) atoms. The molecule has 2 bridgehead atoms. The first kappa shape index (κ1) is 28.8. The number of nitrogens with one attached hydrogen (secondary N) is 1. The molecule has 4 aromatic rings. The van der Waals surface area contributed by atoms with Gasteiger partial charge in [0, 0.05) is 51.8 Å². The molecule has 6 rings (SSSR count). The maximum atomic E-state index is 13.8. The van der Waals surface area contributed by atoms with Crippen LogP contribution in [0.2, 0.25) is 0 Å². The Kier molecular flexibility index (Phi) is 7.96. The van der Waals surface area contributed by atoms with Crippen molar-refractivity contribution in [2.45, 2.75) is 26.0 Å². The Morgan fingerprint density at radius 1 is 1.14 bits per heavy atom. The van der Waals surface area contributed by atoms with Crippen molar-refractivity contribution in [2.75, 3.05) is 40.3 Å². The van der Waals surface area contributed by atoms with Crippen LogP contribution < -0.4 is 14.8 Å². The smallest absolute Gasteiger partial charge is 0.257 e. The van der Waals surface area contributed by atoms with Gasteiger partial charge in [0.15, 0.2) is 17.3 Å². The third kappa shape index (κ3) is 5.57. The molecule has 14 nitrogen and oxygen atoms in total. The van der Waals surface area contributed by atoms with E-state index in [2.05, 4.69) is 25.7 Å². The minimum absolute atomic E-state index is 0.0385. The lowest BCUT2D eigenvalue weighted by Gasteiger charge is -2.21. The van der Waals surface area contributed by atoms with Gasteiger partial charge in [-0.2, -0.15) is 5.10 Å². The molecular formula is C30H33N9O5. The quantitative estimate of drug-likeness (QED) is 0.371. The molecule has 3 amide bonds. The molecule has 0 saturated carbocycles. The van der Waals surface area contributed by atoms with E-state index < -0.39 is 0 Å². The van der Waals surface area contributed by atoms with Crippen molar-refractivity contribution in [1.82, 2.24) is 44.9 Å². The van der Waals surface area contributed by atoms with Crippen LogP contribution in [0.3, 0.4) is 0 Å². The molecule has 0 unspecified atom stereocenters. The highest BCUT2D eigenvalue weighted by Crippen LogP contribution is 2.34. The van der Waals surface area contributed by atoms with Gasteiger partial charge in [0.05, 0.1) is 42.4 Å². The number of hydrogen-bond acceptors (Lipinski definition) is 9. The van der Waals surface area contributed by atoms with Crippen LogP contribution in [0, 0.1) is 12.8 Å². The normalized spacial score (nSPS) is 19.2. The van der Waals surface area contributed by atoms with Gasteiger partial charge in [-0.15, -0.1) is 5.10 Å². The fraction of sp³-hybridized carbons (Fsp3) is 0.367. The van der Waals surface area contributed by atoms with E-state index >= 15 is 0 Å². The number of aromatic nitrogens is 6. The molecule has 1 aromatic carbocycles. The highest BCUT2D eigenvalue weighted by Gasteiger charge is 2.39. The highest BCUT2D eigenvalue weighted by molar-refractivity contribution is 5.98. The Bertz CT molecular complexity index is 1690. The summed E-state index contributed by atoms with van der Waals surface area (Å²) in [6, 6.07) is 10.3. The van der Waals surface area contributed by atoms with Crippen LogP contribution in [0.4, 0.5) is 0 Å². The number of hydrogen-bond donors (Lipinski definition) is 1. The average Bonchev–Trinajstić information content (AvgIpc) is 3.77. The topological polar surface area (TPSA) is 150 Å². The second-order valence-electron chi connectivity index (χ2n) is 10.9. The van der Waals surface area contributed by atoms with Gasteiger partial charge < -0.3 is 24.6 Å². The summed E-state index contributed by atoms with van der Waals surface area (Å²) in [5, 5.41) is 16.0. The number of fused-ring (bicyclic) bond motifs is 5. The molecule has 0 spiro atoms. The van der Waals surface area contributed by atoms with E-state index in [9.17, 15) is 14.4 Å². The number of methoxy groups -OCH3 is 1. The predicted molar refractivity (Wildman–Crippen MR) is 156 cm³/mol. The van der Waals surface area contributed by atoms with E-state index in [1.54, 1.807) is 58.1 Å². The zero-order valence-corrected chi connectivity index (χ0v) is 24.7. The third-order valence-corrected chi connectivity index (χ3v) is 8.06. The van der Waals surface area contributed by atoms with Crippen LogP contribution in [0.5, 0.6) is 11.5 Å². The maximum Gasteiger partial charge on any atom is 0.257 e. The van der Waals surface area contributed by atoms with Gasteiger partial charge in [-0.25, -0.2) is 14.3 Å². The molecular weight excluding hydrogens is 566 g/mol. The number of amides is 3. The van der Waals surface area contributed by atoms with Crippen LogP contribution in [-0.2, 0) is 11.4 Å². The Labute approximate surface area is 253 Å². The van der Waals surface area contributed by atoms with Gasteiger partial charge in [-0.05, 0) is 31.2 Å². The zero-order chi connectivity index (χ0) is 30.8. The van der Waals surface area contributed by atoms with Gasteiger partial charge in [0.1, 0.15) is 12.3 Å². The van der Waals surface area contributed by atoms with E-state index in [1.165, 1.54) is 12.0 Å². The SMILES string of the molecule is COc1cccc2c1OCc1cn(nn1)[C@@H]1CN(C(=O)c3cnn(-c4ccccn4)c3C)C[C@@H]1CC(=O)NCCN(C)C2=O. The molecule has 1 N–H and O–H groups in total. The lowest BCUT2D eigenvalue weighted by Crippen LogP contribution is -2.37. The number of likely N-dealkylation sites (tertiary alicyclic amines) is 1. The number of pyridine rings is 1. The summed E-state index contributed by atoms with van der Waals surface area (Å²) in [6.45, 7) is 3.11. The minimum Gasteiger partial charge on any atom is -0.493 e. The highest BCUT2D eigenvalue weighted by atomic mass is 16.5. The van der Waals surface area contributed by atoms with Crippen LogP contribution >= 0.6 is 0 Å². The summed E-state index contributed by atoms with van der Waals surface area (Å²) < 4.78 is 14.9. The summed E-state index contributed by atoms with van der Waals surface area (Å²) >= 11 is 0. The largest absolute Gasteiger partial charge is 0.493 e. The minimum atomic E-state index is -0.295. The van der Waals surface area contributed by atoms with E-state index in [0.29, 0.717) is 59.5 Å². The van der Waals surface area contributed by atoms with E-state index in [4.69, 9.17) is 9.47 Å². The number of likely N-dealkylation sites (N-methyl/N-ethyl adjacent to an activating group) is 1. The van der Waals surface area contributed by atoms with Crippen LogP contribution in [0.1, 0.15) is 44.6 Å². The number of benzene rings is 1. The second kappa shape index (κ2) is 12.1. The summed E-state index contributed by atoms with van der Waals surface area (Å²) in [7, 11) is 3.18. The fourth-order valence-corrected chi connectivity index (χ4v) is 5.68. The first-order valence-corrected chi connectivity index (χ1v) is 14.3. The molecule has 228 valence electrons.